The zero-order valence-electron chi connectivity index (χ0n) is 12.3. The molecule has 2 atom stereocenters. The second-order valence-corrected chi connectivity index (χ2v) is 6.29. The minimum Gasteiger partial charge on any atom is -0.394 e. The fraction of sp³-hybridized carbons (Fsp3) is 0.857. The maximum absolute atomic E-state index is 12.1. The van der Waals surface area contributed by atoms with Crippen LogP contribution in [0.3, 0.4) is 0 Å². The molecule has 0 aromatic carbocycles. The van der Waals surface area contributed by atoms with Crippen molar-refractivity contribution in [2.45, 2.75) is 44.2 Å². The van der Waals surface area contributed by atoms with Gasteiger partial charge in [-0.15, -0.1) is 0 Å². The second-order valence-electron chi connectivity index (χ2n) is 6.29. The summed E-state index contributed by atoms with van der Waals surface area (Å²) in [5.41, 5.74) is -0.0650. The monoisotopic (exact) mass is 283 g/mol. The van der Waals surface area contributed by atoms with Crippen molar-refractivity contribution in [1.82, 2.24) is 15.5 Å². The smallest absolute Gasteiger partial charge is 0.223 e. The lowest BCUT2D eigenvalue weighted by molar-refractivity contribution is -0.124. The molecule has 2 amide bonds. The Morgan fingerprint density at radius 2 is 2.20 bits per heavy atom. The molecule has 0 aliphatic carbocycles. The van der Waals surface area contributed by atoms with Gasteiger partial charge < -0.3 is 20.6 Å². The van der Waals surface area contributed by atoms with Crippen molar-refractivity contribution >= 4 is 11.8 Å². The van der Waals surface area contributed by atoms with E-state index in [0.29, 0.717) is 6.42 Å². The first-order chi connectivity index (χ1) is 9.44. The Kier molecular flexibility index (Phi) is 4.65. The van der Waals surface area contributed by atoms with E-state index in [0.717, 1.165) is 32.4 Å². The summed E-state index contributed by atoms with van der Waals surface area (Å²) >= 11 is 0. The Bertz CT molecular complexity index is 378. The minimum atomic E-state index is -0.329. The molecule has 114 valence electrons. The maximum atomic E-state index is 12.1. The number of likely N-dealkylation sites (tertiary alicyclic amines) is 1. The van der Waals surface area contributed by atoms with Crippen LogP contribution in [0.2, 0.25) is 0 Å². The van der Waals surface area contributed by atoms with Crippen LogP contribution in [-0.4, -0.2) is 60.1 Å². The third kappa shape index (κ3) is 3.49. The highest BCUT2D eigenvalue weighted by Gasteiger charge is 2.45. The largest absolute Gasteiger partial charge is 0.394 e. The van der Waals surface area contributed by atoms with Gasteiger partial charge in [0.2, 0.25) is 11.8 Å². The van der Waals surface area contributed by atoms with Gasteiger partial charge >= 0.3 is 0 Å². The van der Waals surface area contributed by atoms with Crippen molar-refractivity contribution in [2.24, 2.45) is 5.92 Å². The summed E-state index contributed by atoms with van der Waals surface area (Å²) < 4.78 is 0. The normalized spacial score (nSPS) is 27.4. The van der Waals surface area contributed by atoms with Gasteiger partial charge in [-0.3, -0.25) is 9.59 Å². The van der Waals surface area contributed by atoms with Crippen molar-refractivity contribution in [1.29, 1.82) is 0 Å². The summed E-state index contributed by atoms with van der Waals surface area (Å²) in [6, 6.07) is -0.329. The van der Waals surface area contributed by atoms with Crippen molar-refractivity contribution in [2.75, 3.05) is 26.7 Å². The highest BCUT2D eigenvalue weighted by molar-refractivity contribution is 5.82. The van der Waals surface area contributed by atoms with Crippen LogP contribution in [-0.2, 0) is 9.59 Å². The molecule has 0 aromatic rings. The van der Waals surface area contributed by atoms with Crippen LogP contribution in [0, 0.1) is 5.92 Å². The summed E-state index contributed by atoms with van der Waals surface area (Å²) in [6.45, 7) is 3.30. The van der Waals surface area contributed by atoms with Crippen LogP contribution in [0.5, 0.6) is 0 Å². The number of amides is 2. The van der Waals surface area contributed by atoms with Gasteiger partial charge in [-0.05, 0) is 32.7 Å². The van der Waals surface area contributed by atoms with Gasteiger partial charge in [0.15, 0.2) is 0 Å². The summed E-state index contributed by atoms with van der Waals surface area (Å²) in [5.74, 6) is -0.211. The van der Waals surface area contributed by atoms with E-state index in [1.807, 2.05) is 0 Å². The predicted octanol–water partition coefficient (Wildman–Crippen LogP) is -0.526. The molecule has 2 rings (SSSR count). The van der Waals surface area contributed by atoms with Gasteiger partial charge in [-0.1, -0.05) is 0 Å². The summed E-state index contributed by atoms with van der Waals surface area (Å²) in [6.07, 6.45) is 3.29. The molecule has 20 heavy (non-hydrogen) atoms. The van der Waals surface area contributed by atoms with Gasteiger partial charge in [0.05, 0.1) is 12.6 Å². The molecular weight excluding hydrogens is 258 g/mol. The first-order valence-corrected chi connectivity index (χ1v) is 7.33. The van der Waals surface area contributed by atoms with Crippen molar-refractivity contribution in [3.8, 4) is 0 Å². The van der Waals surface area contributed by atoms with Crippen molar-refractivity contribution < 1.29 is 14.7 Å². The van der Waals surface area contributed by atoms with Gasteiger partial charge in [0, 0.05) is 31.5 Å². The van der Waals surface area contributed by atoms with E-state index in [4.69, 9.17) is 0 Å². The Morgan fingerprint density at radius 3 is 2.75 bits per heavy atom. The maximum Gasteiger partial charge on any atom is 0.223 e. The van der Waals surface area contributed by atoms with Crippen LogP contribution in [0.25, 0.3) is 0 Å². The zero-order chi connectivity index (χ0) is 14.8. The molecule has 2 unspecified atom stereocenters. The predicted molar refractivity (Wildman–Crippen MR) is 75.0 cm³/mol. The number of aliphatic hydroxyl groups is 1. The van der Waals surface area contributed by atoms with E-state index in [-0.39, 0.29) is 35.9 Å². The minimum absolute atomic E-state index is 0.0650. The zero-order valence-corrected chi connectivity index (χ0v) is 12.3. The number of aliphatic hydroxyl groups excluding tert-OH is 1. The Hall–Kier alpha value is -1.14. The molecule has 1 spiro atoms. The van der Waals surface area contributed by atoms with E-state index < -0.39 is 0 Å². The van der Waals surface area contributed by atoms with Crippen LogP contribution < -0.4 is 10.6 Å². The molecule has 2 fully saturated rings. The standard InChI is InChI=1S/C14H25N3O3/c1-10(19)15-12(9-18)7-11-8-14(16-13(11)20)3-5-17(2)6-4-14/h11-12,18H,3-9H2,1-2H3,(H,15,19)(H,16,20). The quantitative estimate of drug-likeness (QED) is 0.648. The van der Waals surface area contributed by atoms with Gasteiger partial charge in [-0.25, -0.2) is 0 Å². The van der Waals surface area contributed by atoms with E-state index in [1.165, 1.54) is 6.92 Å². The Balaban J connectivity index is 1.93. The fourth-order valence-corrected chi connectivity index (χ4v) is 3.35. The van der Waals surface area contributed by atoms with Gasteiger partial charge in [-0.2, -0.15) is 0 Å². The van der Waals surface area contributed by atoms with Gasteiger partial charge in [0.25, 0.3) is 0 Å². The molecule has 2 aliphatic rings. The van der Waals surface area contributed by atoms with E-state index in [2.05, 4.69) is 22.6 Å². The molecule has 0 radical (unpaired) electrons. The van der Waals surface area contributed by atoms with Crippen molar-refractivity contribution in [3.05, 3.63) is 0 Å². The van der Waals surface area contributed by atoms with Crippen LogP contribution >= 0.6 is 0 Å². The first kappa shape index (κ1) is 15.3. The van der Waals surface area contributed by atoms with Crippen LogP contribution in [0.15, 0.2) is 0 Å². The van der Waals surface area contributed by atoms with E-state index in [9.17, 15) is 14.7 Å². The molecule has 3 N–H and O–H groups in total. The molecule has 0 saturated carbocycles. The number of nitrogens with one attached hydrogen (secondary N) is 2. The van der Waals surface area contributed by atoms with E-state index in [1.54, 1.807) is 0 Å². The molecule has 2 heterocycles. The molecule has 2 aliphatic heterocycles. The fourth-order valence-electron chi connectivity index (χ4n) is 3.35. The molecule has 2 saturated heterocycles. The third-order valence-corrected chi connectivity index (χ3v) is 4.54. The first-order valence-electron chi connectivity index (χ1n) is 7.33. The lowest BCUT2D eigenvalue weighted by atomic mass is 9.82. The highest BCUT2D eigenvalue weighted by Crippen LogP contribution is 2.35. The number of hydrogen-bond donors (Lipinski definition) is 3. The third-order valence-electron chi connectivity index (χ3n) is 4.54. The lowest BCUT2D eigenvalue weighted by Gasteiger charge is -2.37. The number of rotatable bonds is 4. The summed E-state index contributed by atoms with van der Waals surface area (Å²) in [4.78, 5) is 25.5. The molecule has 0 aromatic heterocycles. The Labute approximate surface area is 119 Å². The topological polar surface area (TPSA) is 81.7 Å². The van der Waals surface area contributed by atoms with Crippen molar-refractivity contribution in [3.63, 3.8) is 0 Å². The molecule has 0 bridgehead atoms. The molecule has 6 nitrogen and oxygen atoms in total. The number of carbonyl (C=O) groups is 2. The lowest BCUT2D eigenvalue weighted by Crippen LogP contribution is -2.49. The SMILES string of the molecule is CC(=O)NC(CO)CC1CC2(CCN(C)CC2)NC1=O. The number of nitrogens with zero attached hydrogens (tertiary/aromatic N) is 1. The molecular formula is C14H25N3O3. The number of carbonyl (C=O) groups excluding carboxylic acids is 2. The average molecular weight is 283 g/mol. The summed E-state index contributed by atoms with van der Waals surface area (Å²) in [5, 5.41) is 15.2. The average Bonchev–Trinajstić information content (AvgIpc) is 2.69. The Morgan fingerprint density at radius 1 is 1.55 bits per heavy atom. The molecule has 6 heteroatoms. The van der Waals surface area contributed by atoms with Crippen LogP contribution in [0.1, 0.15) is 32.6 Å². The number of piperidine rings is 1. The van der Waals surface area contributed by atoms with E-state index >= 15 is 0 Å². The highest BCUT2D eigenvalue weighted by atomic mass is 16.3. The van der Waals surface area contributed by atoms with Gasteiger partial charge in [0.1, 0.15) is 0 Å². The summed E-state index contributed by atoms with van der Waals surface area (Å²) in [7, 11) is 2.10. The number of hydrogen-bond acceptors (Lipinski definition) is 4. The second kappa shape index (κ2) is 6.10. The van der Waals surface area contributed by atoms with Crippen LogP contribution in [0.4, 0.5) is 0 Å².